The summed E-state index contributed by atoms with van der Waals surface area (Å²) >= 11 is 24.3. The molecular weight excluding hydrogens is 750 g/mol. The number of hydrogen-bond donors (Lipinski definition) is 2. The van der Waals surface area contributed by atoms with E-state index in [1.165, 1.54) is 8.61 Å². The van der Waals surface area contributed by atoms with Gasteiger partial charge >= 0.3 is 0 Å². The van der Waals surface area contributed by atoms with Crippen molar-refractivity contribution in [2.24, 2.45) is 0 Å². The van der Waals surface area contributed by atoms with Gasteiger partial charge in [-0.05, 0) is 103 Å². The summed E-state index contributed by atoms with van der Waals surface area (Å²) in [6.07, 6.45) is 1.33. The molecule has 8 nitrogen and oxygen atoms in total. The van der Waals surface area contributed by atoms with Crippen LogP contribution in [0.2, 0.25) is 20.1 Å². The smallest absolute Gasteiger partial charge is 0.243 e. The van der Waals surface area contributed by atoms with Crippen LogP contribution in [0.5, 0.6) is 0 Å². The van der Waals surface area contributed by atoms with Crippen molar-refractivity contribution in [1.29, 1.82) is 0 Å². The van der Waals surface area contributed by atoms with Crippen LogP contribution >= 0.6 is 46.4 Å². The number of benzene rings is 4. The average molecular weight is 785 g/mol. The molecular formula is C35H34Cl4N2O6S2. The second-order valence-electron chi connectivity index (χ2n) is 12.6. The first-order valence-electron chi connectivity index (χ1n) is 15.6. The predicted octanol–water partition coefficient (Wildman–Crippen LogP) is 7.24. The maximum absolute atomic E-state index is 13.4. The molecule has 2 heterocycles. The molecule has 0 atom stereocenters. The molecule has 2 fully saturated rings. The molecule has 260 valence electrons. The molecule has 14 heteroatoms. The number of rotatable bonds is 8. The van der Waals surface area contributed by atoms with E-state index in [0.29, 0.717) is 37.6 Å². The highest BCUT2D eigenvalue weighted by Gasteiger charge is 2.40. The van der Waals surface area contributed by atoms with Crippen molar-refractivity contribution in [2.45, 2.75) is 53.1 Å². The molecule has 0 aliphatic carbocycles. The van der Waals surface area contributed by atoms with Crippen LogP contribution in [0.1, 0.15) is 47.9 Å². The molecule has 0 radical (unpaired) electrons. The number of sulfonamides is 2. The van der Waals surface area contributed by atoms with Crippen LogP contribution in [0.25, 0.3) is 0 Å². The minimum Gasteiger partial charge on any atom is -0.385 e. The van der Waals surface area contributed by atoms with E-state index in [0.717, 1.165) is 11.1 Å². The molecule has 2 saturated heterocycles. The Morgan fingerprint density at radius 3 is 1.14 bits per heavy atom. The van der Waals surface area contributed by atoms with Crippen molar-refractivity contribution < 1.29 is 27.0 Å². The summed E-state index contributed by atoms with van der Waals surface area (Å²) in [5, 5.41) is 23.9. The average Bonchev–Trinajstić information content (AvgIpc) is 3.08. The lowest BCUT2D eigenvalue weighted by Crippen LogP contribution is -2.45. The van der Waals surface area contributed by atoms with Gasteiger partial charge in [0.15, 0.2) is 0 Å². The fourth-order valence-corrected chi connectivity index (χ4v) is 9.91. The second-order valence-corrected chi connectivity index (χ2v) is 18.1. The summed E-state index contributed by atoms with van der Waals surface area (Å²) in [7, 11) is -7.56. The zero-order chi connectivity index (χ0) is 35.2. The lowest BCUT2D eigenvalue weighted by atomic mass is 9.85. The highest BCUT2D eigenvalue weighted by atomic mass is 35.5. The minimum absolute atomic E-state index is 0.144. The lowest BCUT2D eigenvalue weighted by Gasteiger charge is -2.38. The van der Waals surface area contributed by atoms with Gasteiger partial charge in [0.2, 0.25) is 20.0 Å². The molecule has 2 aliphatic heterocycles. The van der Waals surface area contributed by atoms with Crippen molar-refractivity contribution in [2.75, 3.05) is 26.2 Å². The van der Waals surface area contributed by atoms with Crippen LogP contribution < -0.4 is 0 Å². The number of aliphatic hydroxyl groups is 2. The third-order valence-electron chi connectivity index (χ3n) is 9.54. The summed E-state index contributed by atoms with van der Waals surface area (Å²) < 4.78 is 56.4. The number of nitrogens with zero attached hydrogens (tertiary/aromatic N) is 2. The van der Waals surface area contributed by atoms with E-state index in [1.807, 2.05) is 0 Å². The van der Waals surface area contributed by atoms with Crippen molar-refractivity contribution in [3.8, 4) is 0 Å². The number of piperidine rings is 2. The molecule has 2 N–H and O–H groups in total. The molecule has 0 saturated carbocycles. The molecule has 0 amide bonds. The van der Waals surface area contributed by atoms with Gasteiger partial charge in [-0.1, -0.05) is 82.8 Å². The van der Waals surface area contributed by atoms with E-state index in [2.05, 4.69) is 0 Å². The Kier molecular flexibility index (Phi) is 10.5. The molecule has 0 unspecified atom stereocenters. The monoisotopic (exact) mass is 782 g/mol. The summed E-state index contributed by atoms with van der Waals surface area (Å²) in [4.78, 5) is 0.315. The quantitative estimate of drug-likeness (QED) is 0.195. The van der Waals surface area contributed by atoms with Crippen LogP contribution in [-0.4, -0.2) is 61.8 Å². The third-order valence-corrected chi connectivity index (χ3v) is 14.8. The van der Waals surface area contributed by atoms with Crippen LogP contribution in [0.3, 0.4) is 0 Å². The van der Waals surface area contributed by atoms with Gasteiger partial charge in [-0.25, -0.2) is 16.8 Å². The van der Waals surface area contributed by atoms with Gasteiger partial charge in [-0.3, -0.25) is 0 Å². The predicted molar refractivity (Wildman–Crippen MR) is 192 cm³/mol. The Hall–Kier alpha value is -2.22. The van der Waals surface area contributed by atoms with Crippen molar-refractivity contribution in [3.05, 3.63) is 127 Å². The van der Waals surface area contributed by atoms with Crippen molar-refractivity contribution in [1.82, 2.24) is 8.61 Å². The topological polar surface area (TPSA) is 115 Å². The molecule has 4 aromatic carbocycles. The van der Waals surface area contributed by atoms with Crippen molar-refractivity contribution in [3.63, 3.8) is 0 Å². The van der Waals surface area contributed by atoms with Crippen LogP contribution in [-0.2, 0) is 37.7 Å². The number of hydrogen-bond acceptors (Lipinski definition) is 6. The van der Waals surface area contributed by atoms with E-state index in [4.69, 9.17) is 46.4 Å². The van der Waals surface area contributed by atoms with Gasteiger partial charge in [-0.15, -0.1) is 0 Å². The van der Waals surface area contributed by atoms with Gasteiger partial charge in [0.1, 0.15) is 0 Å². The highest BCUT2D eigenvalue weighted by molar-refractivity contribution is 7.89. The van der Waals surface area contributed by atoms with Gasteiger partial charge in [0.05, 0.1) is 41.1 Å². The maximum atomic E-state index is 13.4. The van der Waals surface area contributed by atoms with Crippen molar-refractivity contribution >= 4 is 66.5 Å². The van der Waals surface area contributed by atoms with Crippen LogP contribution in [0.15, 0.2) is 94.7 Å². The molecule has 0 bridgehead atoms. The van der Waals surface area contributed by atoms with E-state index >= 15 is 0 Å². The Morgan fingerprint density at radius 1 is 0.510 bits per heavy atom. The maximum Gasteiger partial charge on any atom is 0.243 e. The minimum atomic E-state index is -3.78. The third kappa shape index (κ3) is 7.55. The molecule has 0 spiro atoms. The Balaban J connectivity index is 1.06. The first kappa shape index (κ1) is 36.6. The summed E-state index contributed by atoms with van der Waals surface area (Å²) in [5.41, 5.74) is 0.528. The fraction of sp³-hybridized carbons (Fsp3) is 0.314. The summed E-state index contributed by atoms with van der Waals surface area (Å²) in [6, 6.07) is 23.2. The van der Waals surface area contributed by atoms with Crippen LogP contribution in [0, 0.1) is 0 Å². The largest absolute Gasteiger partial charge is 0.385 e. The summed E-state index contributed by atoms with van der Waals surface area (Å²) in [6.45, 7) is 0.578. The lowest BCUT2D eigenvalue weighted by molar-refractivity contribution is -0.0100. The van der Waals surface area contributed by atoms with E-state index in [9.17, 15) is 27.0 Å². The normalized spacial score (nSPS) is 18.7. The molecule has 0 aromatic heterocycles. The van der Waals surface area contributed by atoms with Gasteiger partial charge in [-0.2, -0.15) is 8.61 Å². The second kappa shape index (κ2) is 14.1. The van der Waals surface area contributed by atoms with Gasteiger partial charge in [0.25, 0.3) is 0 Å². The number of halogens is 4. The standard InChI is InChI=1S/C35H34Cl4N2O6S2/c36-30-11-5-26(22-32(30)38)34(42)13-17-40(18-14-34)48(44,45)28-7-1-24(2-8-28)21-25-3-9-29(10-4-25)49(46,47)41-19-15-35(43,16-20-41)27-6-12-31(37)33(39)23-27/h1-12,22-23,42-43H,13-21H2. The van der Waals surface area contributed by atoms with E-state index < -0.39 is 31.2 Å². The Bertz CT molecular complexity index is 1910. The van der Waals surface area contributed by atoms with Gasteiger partial charge < -0.3 is 10.2 Å². The first-order chi connectivity index (χ1) is 23.1. The zero-order valence-electron chi connectivity index (χ0n) is 26.2. The fourth-order valence-electron chi connectivity index (χ4n) is 6.43. The molecule has 6 rings (SSSR count). The Labute approximate surface area is 306 Å². The van der Waals surface area contributed by atoms with Crippen LogP contribution in [0.4, 0.5) is 0 Å². The van der Waals surface area contributed by atoms with E-state index in [-0.39, 0.29) is 61.7 Å². The molecule has 4 aromatic rings. The highest BCUT2D eigenvalue weighted by Crippen LogP contribution is 2.39. The zero-order valence-corrected chi connectivity index (χ0v) is 30.9. The first-order valence-corrected chi connectivity index (χ1v) is 20.0. The Morgan fingerprint density at radius 2 is 0.837 bits per heavy atom. The molecule has 2 aliphatic rings. The SMILES string of the molecule is O=S(=O)(c1ccc(Cc2ccc(S(=O)(=O)N3CCC(O)(c4ccc(Cl)c(Cl)c4)CC3)cc2)cc1)N1CCC(O)(c2ccc(Cl)c(Cl)c2)CC1. The van der Waals surface area contributed by atoms with E-state index in [1.54, 1.807) is 84.9 Å². The molecule has 49 heavy (non-hydrogen) atoms. The van der Waals surface area contributed by atoms with Gasteiger partial charge in [0, 0.05) is 26.2 Å². The summed E-state index contributed by atoms with van der Waals surface area (Å²) in [5.74, 6) is 0.